The van der Waals surface area contributed by atoms with Crippen LogP contribution in [0.5, 0.6) is 0 Å². The van der Waals surface area contributed by atoms with Crippen LogP contribution in [0.1, 0.15) is 31.2 Å². The maximum Gasteiger partial charge on any atom is 0.246 e. The average molecular weight is 422 g/mol. The molecule has 1 aromatic carbocycles. The fourth-order valence-corrected chi connectivity index (χ4v) is 3.96. The third kappa shape index (κ3) is 5.23. The lowest BCUT2D eigenvalue weighted by atomic mass is 10.1. The Bertz CT molecular complexity index is 1060. The molecule has 0 radical (unpaired) electrons. The number of hydrogen-bond acceptors (Lipinski definition) is 3. The van der Waals surface area contributed by atoms with Crippen molar-refractivity contribution in [3.8, 4) is 11.3 Å². The Morgan fingerprint density at radius 3 is 2.68 bits per heavy atom. The number of nitrogens with zero attached hydrogens (tertiary/aromatic N) is 4. The van der Waals surface area contributed by atoms with Crippen LogP contribution >= 0.6 is 0 Å². The molecule has 31 heavy (non-hydrogen) atoms. The second-order valence-electron chi connectivity index (χ2n) is 7.67. The summed E-state index contributed by atoms with van der Waals surface area (Å²) in [5.41, 5.74) is 1.90. The third-order valence-corrected chi connectivity index (χ3v) is 5.60. The van der Waals surface area contributed by atoms with E-state index in [1.54, 1.807) is 12.4 Å². The number of amides is 1. The lowest BCUT2D eigenvalue weighted by molar-refractivity contribution is -0.128. The number of benzene rings is 1. The third-order valence-electron chi connectivity index (χ3n) is 5.60. The molecule has 2 aromatic heterocycles. The number of hydrogen-bond donors (Lipinski definition) is 0. The fraction of sp³-hybridized carbons (Fsp3) is 0.292. The summed E-state index contributed by atoms with van der Waals surface area (Å²) in [4.78, 5) is 18.8. The van der Waals surface area contributed by atoms with Gasteiger partial charge in [0.25, 0.3) is 0 Å². The minimum atomic E-state index is -0.557. The second kappa shape index (κ2) is 9.64. The number of pyridine rings is 1. The first-order valence-electron chi connectivity index (χ1n) is 10.5. The van der Waals surface area contributed by atoms with Gasteiger partial charge in [-0.05, 0) is 55.3 Å². The molecule has 2 heterocycles. The molecule has 1 fully saturated rings. The van der Waals surface area contributed by atoms with Crippen molar-refractivity contribution in [3.63, 3.8) is 0 Å². The molecule has 0 bridgehead atoms. The van der Waals surface area contributed by atoms with E-state index in [-0.39, 0.29) is 17.5 Å². The maximum atomic E-state index is 13.9. The van der Waals surface area contributed by atoms with E-state index in [9.17, 15) is 13.6 Å². The zero-order valence-corrected chi connectivity index (χ0v) is 17.1. The van der Waals surface area contributed by atoms with Crippen molar-refractivity contribution < 1.29 is 13.6 Å². The number of rotatable bonds is 7. The van der Waals surface area contributed by atoms with E-state index < -0.39 is 11.6 Å². The predicted octanol–water partition coefficient (Wildman–Crippen LogP) is 4.71. The maximum absolute atomic E-state index is 13.9. The molecule has 0 aliphatic heterocycles. The highest BCUT2D eigenvalue weighted by atomic mass is 19.1. The van der Waals surface area contributed by atoms with Crippen LogP contribution in [0.2, 0.25) is 0 Å². The highest BCUT2D eigenvalue weighted by Gasteiger charge is 2.25. The summed E-state index contributed by atoms with van der Waals surface area (Å²) >= 11 is 0. The number of aromatic nitrogens is 3. The van der Waals surface area contributed by atoms with Crippen LogP contribution in [-0.4, -0.2) is 38.2 Å². The molecule has 4 rings (SSSR count). The van der Waals surface area contributed by atoms with Gasteiger partial charge in [0.05, 0.1) is 12.2 Å². The van der Waals surface area contributed by atoms with Crippen LogP contribution in [0.4, 0.5) is 8.78 Å². The highest BCUT2D eigenvalue weighted by molar-refractivity contribution is 5.92. The summed E-state index contributed by atoms with van der Waals surface area (Å²) in [5.74, 6) is -1.29. The monoisotopic (exact) mass is 422 g/mol. The average Bonchev–Trinajstić information content (AvgIpc) is 3.48. The van der Waals surface area contributed by atoms with Crippen molar-refractivity contribution in [2.24, 2.45) is 0 Å². The van der Waals surface area contributed by atoms with Gasteiger partial charge in [-0.3, -0.25) is 14.5 Å². The van der Waals surface area contributed by atoms with Gasteiger partial charge in [0.1, 0.15) is 11.6 Å². The molecule has 7 heteroatoms. The Labute approximate surface area is 180 Å². The van der Waals surface area contributed by atoms with Crippen molar-refractivity contribution in [1.82, 2.24) is 19.7 Å². The molecule has 0 atom stereocenters. The van der Waals surface area contributed by atoms with Crippen LogP contribution in [0.15, 0.2) is 61.1 Å². The Morgan fingerprint density at radius 1 is 1.13 bits per heavy atom. The van der Waals surface area contributed by atoms with Crippen LogP contribution < -0.4 is 0 Å². The predicted molar refractivity (Wildman–Crippen MR) is 115 cm³/mol. The van der Waals surface area contributed by atoms with Gasteiger partial charge in [-0.2, -0.15) is 5.10 Å². The van der Waals surface area contributed by atoms with Gasteiger partial charge in [0, 0.05) is 48.4 Å². The summed E-state index contributed by atoms with van der Waals surface area (Å²) < 4.78 is 29.1. The number of halogens is 2. The Hall–Kier alpha value is -3.35. The first-order chi connectivity index (χ1) is 15.1. The number of carbonyl (C=O) groups excluding carboxylic acids is 1. The zero-order chi connectivity index (χ0) is 21.6. The number of carbonyl (C=O) groups is 1. The minimum absolute atomic E-state index is 0.0637. The van der Waals surface area contributed by atoms with Gasteiger partial charge in [-0.15, -0.1) is 0 Å². The Kier molecular flexibility index (Phi) is 6.50. The minimum Gasteiger partial charge on any atom is -0.334 e. The second-order valence-corrected chi connectivity index (χ2v) is 7.67. The summed E-state index contributed by atoms with van der Waals surface area (Å²) in [6, 6.07) is 9.10. The first kappa shape index (κ1) is 20.9. The summed E-state index contributed by atoms with van der Waals surface area (Å²) in [5, 5.41) is 4.59. The molecule has 1 aliphatic rings. The Morgan fingerprint density at radius 2 is 1.90 bits per heavy atom. The van der Waals surface area contributed by atoms with Crippen LogP contribution in [0.25, 0.3) is 17.3 Å². The summed E-state index contributed by atoms with van der Waals surface area (Å²) in [7, 11) is 0. The van der Waals surface area contributed by atoms with E-state index in [1.807, 2.05) is 34.0 Å². The molecule has 1 saturated carbocycles. The summed E-state index contributed by atoms with van der Waals surface area (Å²) in [6.45, 7) is 1.05. The fourth-order valence-electron chi connectivity index (χ4n) is 3.96. The van der Waals surface area contributed by atoms with Gasteiger partial charge in [0.15, 0.2) is 0 Å². The molecule has 0 saturated heterocycles. The molecule has 160 valence electrons. The van der Waals surface area contributed by atoms with E-state index in [0.717, 1.165) is 55.1 Å². The van der Waals surface area contributed by atoms with E-state index in [1.165, 1.54) is 12.2 Å². The van der Waals surface area contributed by atoms with E-state index >= 15 is 0 Å². The van der Waals surface area contributed by atoms with Gasteiger partial charge in [-0.25, -0.2) is 8.78 Å². The van der Waals surface area contributed by atoms with E-state index in [2.05, 4.69) is 10.1 Å². The van der Waals surface area contributed by atoms with Gasteiger partial charge >= 0.3 is 0 Å². The molecule has 5 nitrogen and oxygen atoms in total. The lowest BCUT2D eigenvalue weighted by Crippen LogP contribution is -2.40. The van der Waals surface area contributed by atoms with E-state index in [4.69, 9.17) is 0 Å². The lowest BCUT2D eigenvalue weighted by Gasteiger charge is -2.28. The quantitative estimate of drug-likeness (QED) is 0.518. The van der Waals surface area contributed by atoms with Crippen molar-refractivity contribution >= 4 is 12.0 Å². The summed E-state index contributed by atoms with van der Waals surface area (Å²) in [6.07, 6.45) is 12.1. The first-order valence-corrected chi connectivity index (χ1v) is 10.5. The molecule has 3 aromatic rings. The van der Waals surface area contributed by atoms with Crippen molar-refractivity contribution in [2.75, 3.05) is 6.54 Å². The molecular weight excluding hydrogens is 398 g/mol. The van der Waals surface area contributed by atoms with Crippen LogP contribution in [-0.2, 0) is 11.3 Å². The SMILES string of the molecule is O=C(C=Cc1cc(F)ccc1F)N(CCn1ccc(-c2ccncc2)n1)C1CCCC1. The molecule has 1 aliphatic carbocycles. The van der Waals surface area contributed by atoms with E-state index in [0.29, 0.717) is 13.1 Å². The van der Waals surface area contributed by atoms with Gasteiger partial charge < -0.3 is 4.90 Å². The molecule has 1 amide bonds. The standard InChI is InChI=1S/C24H24F2N4O/c25-20-6-7-22(26)19(17-20)5-8-24(31)30(21-3-1-2-4-21)16-15-29-14-11-23(28-29)18-9-12-27-13-10-18/h5-14,17,21H,1-4,15-16H2. The topological polar surface area (TPSA) is 51.0 Å². The zero-order valence-electron chi connectivity index (χ0n) is 17.1. The van der Waals surface area contributed by atoms with Crippen LogP contribution in [0, 0.1) is 11.6 Å². The highest BCUT2D eigenvalue weighted by Crippen LogP contribution is 2.24. The van der Waals surface area contributed by atoms with Crippen molar-refractivity contribution in [3.05, 3.63) is 78.3 Å². The largest absolute Gasteiger partial charge is 0.334 e. The van der Waals surface area contributed by atoms with Gasteiger partial charge in [-0.1, -0.05) is 12.8 Å². The molecule has 0 spiro atoms. The van der Waals surface area contributed by atoms with Crippen molar-refractivity contribution in [2.45, 2.75) is 38.3 Å². The smallest absolute Gasteiger partial charge is 0.246 e. The molecule has 0 N–H and O–H groups in total. The van der Waals surface area contributed by atoms with Crippen molar-refractivity contribution in [1.29, 1.82) is 0 Å². The van der Waals surface area contributed by atoms with Gasteiger partial charge in [0.2, 0.25) is 5.91 Å². The Balaban J connectivity index is 1.45. The molecular formula is C24H24F2N4O. The normalized spacial score (nSPS) is 14.4. The van der Waals surface area contributed by atoms with Crippen LogP contribution in [0.3, 0.4) is 0 Å². The molecule has 0 unspecified atom stereocenters.